The summed E-state index contributed by atoms with van der Waals surface area (Å²) < 4.78 is 0. The zero-order chi connectivity index (χ0) is 39.4. The van der Waals surface area contributed by atoms with Gasteiger partial charge in [-0.2, -0.15) is 11.8 Å². The number of carbonyl (C=O) groups is 6. The second-order valence-corrected chi connectivity index (χ2v) is 16.9. The van der Waals surface area contributed by atoms with Crippen LogP contribution in [0.4, 0.5) is 0 Å². The number of carbonyl (C=O) groups excluding carboxylic acids is 6. The van der Waals surface area contributed by atoms with Gasteiger partial charge in [0.1, 0.15) is 17.7 Å². The van der Waals surface area contributed by atoms with Crippen molar-refractivity contribution >= 4 is 46.8 Å². The van der Waals surface area contributed by atoms with E-state index in [9.17, 15) is 33.9 Å². The van der Waals surface area contributed by atoms with Gasteiger partial charge in [0, 0.05) is 29.4 Å². The fourth-order valence-corrected chi connectivity index (χ4v) is 8.74. The number of rotatable bonds is 18. The number of nitrogens with two attached hydrogens (primary N) is 1. The number of ketones is 3. The largest absolute Gasteiger partial charge is 0.381 e. The zero-order valence-corrected chi connectivity index (χ0v) is 33.1. The molecule has 288 valence electrons. The monoisotopic (exact) mass is 748 g/mol. The van der Waals surface area contributed by atoms with E-state index in [1.54, 1.807) is 6.92 Å². The van der Waals surface area contributed by atoms with Crippen LogP contribution < -0.4 is 21.7 Å². The van der Waals surface area contributed by atoms with Crippen molar-refractivity contribution in [2.75, 3.05) is 11.5 Å². The fraction of sp³-hybridized carbons (Fsp3) is 0.561. The first-order valence-electron chi connectivity index (χ1n) is 18.5. The van der Waals surface area contributed by atoms with E-state index >= 15 is 0 Å². The number of hydrogen-bond acceptors (Lipinski definition) is 9. The lowest BCUT2D eigenvalue weighted by molar-refractivity contribution is -0.140. The van der Waals surface area contributed by atoms with Gasteiger partial charge in [0.25, 0.3) is 0 Å². The lowest BCUT2D eigenvalue weighted by Gasteiger charge is -2.39. The number of thioether (sulfide) groups is 1. The van der Waals surface area contributed by atoms with Gasteiger partial charge >= 0.3 is 0 Å². The minimum absolute atomic E-state index is 0.0240. The highest BCUT2D eigenvalue weighted by Gasteiger charge is 2.65. The molecule has 0 aromatic heterocycles. The van der Waals surface area contributed by atoms with Crippen LogP contribution in [0.15, 0.2) is 64.3 Å². The van der Waals surface area contributed by atoms with E-state index in [1.807, 2.05) is 78.0 Å². The van der Waals surface area contributed by atoms with Crippen molar-refractivity contribution in [2.24, 2.45) is 23.0 Å². The molecule has 1 fully saturated rings. The molecule has 11 nitrogen and oxygen atoms in total. The number of hydrogen-bond donors (Lipinski definition) is 5. The SMILES string of the molecule is CC(=O)N[C@@H](CSCC1=C(C)C=C2C(=O)[C@](C)(O)C3(CC3)C(C)=C21)C(=O)N[C@@H](CC(C)C)C(=O)N[C@@H](CC(C)C)C(=O)C(=O)[C@@H](N)Cc1ccccc1. The number of fused-ring (bicyclic) bond motifs is 1. The summed E-state index contributed by atoms with van der Waals surface area (Å²) in [5.74, 6) is -2.84. The smallest absolute Gasteiger partial charge is 0.244 e. The van der Waals surface area contributed by atoms with E-state index in [2.05, 4.69) is 16.0 Å². The Morgan fingerprint density at radius 3 is 2.00 bits per heavy atom. The molecular weight excluding hydrogens is 693 g/mol. The Balaban J connectivity index is 1.45. The number of amides is 3. The van der Waals surface area contributed by atoms with Crippen LogP contribution in [0.1, 0.15) is 86.6 Å². The lowest BCUT2D eigenvalue weighted by atomic mass is 9.67. The van der Waals surface area contributed by atoms with Crippen molar-refractivity contribution in [1.82, 2.24) is 16.0 Å². The molecule has 4 rings (SSSR count). The molecule has 0 unspecified atom stereocenters. The minimum atomic E-state index is -1.45. The van der Waals surface area contributed by atoms with E-state index < -0.39 is 64.5 Å². The Bertz CT molecular complexity index is 1720. The van der Waals surface area contributed by atoms with Gasteiger partial charge in [-0.1, -0.05) is 63.6 Å². The summed E-state index contributed by atoms with van der Waals surface area (Å²) in [4.78, 5) is 79.8. The van der Waals surface area contributed by atoms with Gasteiger partial charge in [-0.3, -0.25) is 28.8 Å². The van der Waals surface area contributed by atoms with Gasteiger partial charge in [0.05, 0.1) is 12.1 Å². The van der Waals surface area contributed by atoms with E-state index in [1.165, 1.54) is 18.7 Å². The maximum atomic E-state index is 13.8. The Labute approximate surface area is 317 Å². The summed E-state index contributed by atoms with van der Waals surface area (Å²) in [6.45, 7) is 14.4. The second-order valence-electron chi connectivity index (χ2n) is 15.9. The third-order valence-corrected chi connectivity index (χ3v) is 11.7. The average molecular weight is 749 g/mol. The molecule has 12 heteroatoms. The molecule has 53 heavy (non-hydrogen) atoms. The number of aliphatic hydroxyl groups is 1. The molecule has 1 spiro atoms. The van der Waals surface area contributed by atoms with Crippen LogP contribution in [0.25, 0.3) is 0 Å². The summed E-state index contributed by atoms with van der Waals surface area (Å²) >= 11 is 1.42. The summed E-state index contributed by atoms with van der Waals surface area (Å²) in [7, 11) is 0. The third-order valence-electron chi connectivity index (χ3n) is 10.7. The van der Waals surface area contributed by atoms with Gasteiger partial charge in [0.15, 0.2) is 5.78 Å². The summed E-state index contributed by atoms with van der Waals surface area (Å²) in [5.41, 5.74) is 9.26. The van der Waals surface area contributed by atoms with Crippen LogP contribution in [-0.2, 0) is 35.2 Å². The van der Waals surface area contributed by atoms with E-state index in [4.69, 9.17) is 5.73 Å². The number of Topliss-reactive ketones (excluding diaryl/α,β-unsaturated/α-hetero) is 3. The van der Waals surface area contributed by atoms with Crippen LogP contribution in [0, 0.1) is 17.3 Å². The molecule has 0 heterocycles. The predicted octanol–water partition coefficient (Wildman–Crippen LogP) is 3.68. The van der Waals surface area contributed by atoms with Crippen LogP contribution in [-0.4, -0.2) is 81.5 Å². The van der Waals surface area contributed by atoms with Crippen molar-refractivity contribution in [3.05, 3.63) is 69.8 Å². The highest BCUT2D eigenvalue weighted by atomic mass is 32.2. The van der Waals surface area contributed by atoms with Crippen molar-refractivity contribution in [1.29, 1.82) is 0 Å². The Morgan fingerprint density at radius 1 is 0.868 bits per heavy atom. The first kappa shape index (κ1) is 41.9. The molecule has 0 aliphatic heterocycles. The zero-order valence-electron chi connectivity index (χ0n) is 32.3. The molecule has 5 atom stereocenters. The highest BCUT2D eigenvalue weighted by Crippen LogP contribution is 2.65. The van der Waals surface area contributed by atoms with E-state index in [0.717, 1.165) is 40.7 Å². The number of benzene rings is 1. The molecule has 0 radical (unpaired) electrons. The molecule has 6 N–H and O–H groups in total. The normalized spacial score (nSPS) is 21.2. The molecule has 3 amide bonds. The molecule has 1 aromatic rings. The van der Waals surface area contributed by atoms with Crippen molar-refractivity contribution in [2.45, 2.75) is 117 Å². The molecule has 0 saturated heterocycles. The first-order valence-corrected chi connectivity index (χ1v) is 19.7. The summed E-state index contributed by atoms with van der Waals surface area (Å²) in [6, 6.07) is 4.90. The Morgan fingerprint density at radius 2 is 1.43 bits per heavy atom. The van der Waals surface area contributed by atoms with Crippen LogP contribution in [0.3, 0.4) is 0 Å². The van der Waals surface area contributed by atoms with Crippen LogP contribution in [0.5, 0.6) is 0 Å². The van der Waals surface area contributed by atoms with Gasteiger partial charge in [-0.05, 0) is 93.1 Å². The maximum Gasteiger partial charge on any atom is 0.244 e. The van der Waals surface area contributed by atoms with E-state index in [-0.39, 0.29) is 42.6 Å². The van der Waals surface area contributed by atoms with Gasteiger partial charge in [0.2, 0.25) is 29.3 Å². The number of allylic oxidation sites excluding steroid dienone is 3. The van der Waals surface area contributed by atoms with E-state index in [0.29, 0.717) is 11.3 Å². The third kappa shape index (κ3) is 9.45. The lowest BCUT2D eigenvalue weighted by Crippen LogP contribution is -2.57. The summed E-state index contributed by atoms with van der Waals surface area (Å²) in [5, 5.41) is 19.4. The average Bonchev–Trinajstić information content (AvgIpc) is 3.84. The molecule has 0 bridgehead atoms. The van der Waals surface area contributed by atoms with Crippen molar-refractivity contribution in [3.8, 4) is 0 Å². The maximum absolute atomic E-state index is 13.8. The van der Waals surface area contributed by atoms with Crippen molar-refractivity contribution in [3.63, 3.8) is 0 Å². The minimum Gasteiger partial charge on any atom is -0.381 e. The molecule has 1 saturated carbocycles. The highest BCUT2D eigenvalue weighted by molar-refractivity contribution is 7.99. The van der Waals surface area contributed by atoms with Crippen molar-refractivity contribution < 1.29 is 33.9 Å². The first-order chi connectivity index (χ1) is 24.8. The molecule has 1 aromatic carbocycles. The van der Waals surface area contributed by atoms with Crippen LogP contribution >= 0.6 is 11.8 Å². The number of nitrogens with one attached hydrogen (secondary N) is 3. The van der Waals surface area contributed by atoms with Gasteiger partial charge < -0.3 is 26.8 Å². The quantitative estimate of drug-likeness (QED) is 0.140. The van der Waals surface area contributed by atoms with Gasteiger partial charge in [-0.15, -0.1) is 0 Å². The fourth-order valence-electron chi connectivity index (χ4n) is 7.57. The Hall–Kier alpha value is -3.87. The topological polar surface area (TPSA) is 185 Å². The summed E-state index contributed by atoms with van der Waals surface area (Å²) in [6.07, 6.45) is 3.94. The predicted molar refractivity (Wildman–Crippen MR) is 207 cm³/mol. The Kier molecular flexibility index (Phi) is 13.5. The van der Waals surface area contributed by atoms with Crippen LogP contribution in [0.2, 0.25) is 0 Å². The molecular formula is C41H56N4O7S. The molecule has 3 aliphatic carbocycles. The second kappa shape index (κ2) is 17.1. The van der Waals surface area contributed by atoms with Gasteiger partial charge in [-0.25, -0.2) is 0 Å². The standard InChI is InChI=1S/C41H56N4O7S/c1-22(2)16-31(36(48)35(47)30(42)19-27-12-10-9-11-13-27)44-38(50)32(17-23(3)4)45-39(51)33(43-26(7)46)21-53-20-29-24(5)18-28-34(29)25(6)41(14-15-41)40(8,52)37(28)49/h9-13,18,22-23,30-33,52H,14-17,19-21,42H2,1-8H3,(H,43,46)(H,44,50)(H,45,51)/t30-,31-,32-,33-,40-/m0/s1. The molecule has 3 aliphatic rings.